The third-order valence-electron chi connectivity index (χ3n) is 6.78. The van der Waals surface area contributed by atoms with E-state index in [-0.39, 0.29) is 23.4 Å². The number of nitrogens with zero attached hydrogens (tertiary/aromatic N) is 4. The van der Waals surface area contributed by atoms with E-state index in [1.54, 1.807) is 18.2 Å². The van der Waals surface area contributed by atoms with E-state index in [0.717, 1.165) is 63.0 Å². The highest BCUT2D eigenvalue weighted by Crippen LogP contribution is 2.46. The summed E-state index contributed by atoms with van der Waals surface area (Å²) < 4.78 is 18.7. The Morgan fingerprint density at radius 3 is 2.51 bits per heavy atom. The van der Waals surface area contributed by atoms with Gasteiger partial charge in [-0.1, -0.05) is 36.2 Å². The van der Waals surface area contributed by atoms with Crippen molar-refractivity contribution in [3.63, 3.8) is 0 Å². The lowest BCUT2D eigenvalue weighted by Crippen LogP contribution is -2.50. The van der Waals surface area contributed by atoms with E-state index < -0.39 is 0 Å². The SMILES string of the molecule is CN1CC(C(N)=O)C1.O=C(CCCCCCC1=NN=C(c2ccccc2F)C2CC12)c1ccon1. The van der Waals surface area contributed by atoms with E-state index >= 15 is 0 Å². The summed E-state index contributed by atoms with van der Waals surface area (Å²) in [5.41, 5.74) is 7.94. The number of benzene rings is 1. The highest BCUT2D eigenvalue weighted by Gasteiger charge is 2.47. The second-order valence-corrected chi connectivity index (χ2v) is 9.55. The maximum atomic E-state index is 14.0. The number of likely N-dealkylation sites (tertiary alicyclic amines) is 1. The van der Waals surface area contributed by atoms with E-state index in [0.29, 0.717) is 29.5 Å². The zero-order chi connectivity index (χ0) is 24.8. The molecule has 3 aliphatic rings. The molecule has 1 aromatic heterocycles. The number of rotatable bonds is 10. The third-order valence-corrected chi connectivity index (χ3v) is 6.78. The van der Waals surface area contributed by atoms with Gasteiger partial charge in [-0.3, -0.25) is 9.59 Å². The first kappa shape index (κ1) is 24.9. The van der Waals surface area contributed by atoms with Crippen molar-refractivity contribution in [1.82, 2.24) is 10.1 Å². The molecule has 2 aliphatic heterocycles. The summed E-state index contributed by atoms with van der Waals surface area (Å²) in [5, 5.41) is 12.4. The Morgan fingerprint density at radius 2 is 1.86 bits per heavy atom. The Balaban J connectivity index is 0.000000308. The topological polar surface area (TPSA) is 114 Å². The highest BCUT2D eigenvalue weighted by atomic mass is 19.1. The van der Waals surface area contributed by atoms with Crippen LogP contribution in [0.25, 0.3) is 0 Å². The number of ketones is 1. The number of nitrogens with two attached hydrogens (primary N) is 1. The molecule has 0 bridgehead atoms. The van der Waals surface area contributed by atoms with Gasteiger partial charge in [0.15, 0.2) is 5.78 Å². The molecule has 0 spiro atoms. The maximum Gasteiger partial charge on any atom is 0.223 e. The molecule has 2 fully saturated rings. The van der Waals surface area contributed by atoms with E-state index in [2.05, 4.69) is 24.8 Å². The quantitative estimate of drug-likeness (QED) is 0.409. The molecule has 1 aromatic carbocycles. The number of amides is 1. The van der Waals surface area contributed by atoms with E-state index in [4.69, 9.17) is 5.73 Å². The predicted octanol–water partition coefficient (Wildman–Crippen LogP) is 3.87. The third kappa shape index (κ3) is 6.48. The fourth-order valence-electron chi connectivity index (χ4n) is 4.60. The Morgan fingerprint density at radius 1 is 1.09 bits per heavy atom. The van der Waals surface area contributed by atoms with Crippen molar-refractivity contribution in [3.8, 4) is 0 Å². The van der Waals surface area contributed by atoms with Gasteiger partial charge in [-0.25, -0.2) is 4.39 Å². The minimum absolute atomic E-state index is 0.0382. The van der Waals surface area contributed by atoms with Gasteiger partial charge in [0.25, 0.3) is 0 Å². The smallest absolute Gasteiger partial charge is 0.223 e. The molecule has 2 N–H and O–H groups in total. The van der Waals surface area contributed by atoms with Gasteiger partial charge in [0.1, 0.15) is 17.8 Å². The lowest BCUT2D eigenvalue weighted by atomic mass is 9.99. The summed E-state index contributed by atoms with van der Waals surface area (Å²) >= 11 is 0. The minimum Gasteiger partial charge on any atom is -0.369 e. The van der Waals surface area contributed by atoms with Gasteiger partial charge in [0, 0.05) is 48.7 Å². The van der Waals surface area contributed by atoms with Crippen molar-refractivity contribution in [2.24, 2.45) is 33.7 Å². The highest BCUT2D eigenvalue weighted by molar-refractivity contribution is 6.10. The van der Waals surface area contributed by atoms with Crippen LogP contribution in [0.4, 0.5) is 4.39 Å². The van der Waals surface area contributed by atoms with Gasteiger partial charge < -0.3 is 15.2 Å². The van der Waals surface area contributed by atoms with Crippen molar-refractivity contribution in [2.75, 3.05) is 20.1 Å². The molecule has 186 valence electrons. The van der Waals surface area contributed by atoms with Crippen LogP contribution in [0, 0.1) is 23.6 Å². The Hall–Kier alpha value is -3.20. The zero-order valence-electron chi connectivity index (χ0n) is 20.0. The molecule has 1 aliphatic carbocycles. The molecule has 1 amide bonds. The van der Waals surface area contributed by atoms with E-state index in [1.807, 2.05) is 13.1 Å². The maximum absolute atomic E-state index is 14.0. The molecule has 1 saturated carbocycles. The van der Waals surface area contributed by atoms with Crippen LogP contribution in [0.15, 0.2) is 51.3 Å². The minimum atomic E-state index is -0.222. The van der Waals surface area contributed by atoms with Crippen LogP contribution >= 0.6 is 0 Å². The van der Waals surface area contributed by atoms with Crippen molar-refractivity contribution in [2.45, 2.75) is 44.9 Å². The van der Waals surface area contributed by atoms with Crippen molar-refractivity contribution >= 4 is 23.1 Å². The van der Waals surface area contributed by atoms with E-state index in [1.165, 1.54) is 12.3 Å². The molecular weight excluding hydrogens is 449 g/mol. The van der Waals surface area contributed by atoms with Crippen LogP contribution in [-0.4, -0.2) is 53.3 Å². The molecule has 5 rings (SSSR count). The molecular formula is C26H32FN5O3. The second kappa shape index (κ2) is 11.5. The van der Waals surface area contributed by atoms with Gasteiger partial charge in [-0.15, -0.1) is 0 Å². The lowest BCUT2D eigenvalue weighted by Gasteiger charge is -2.33. The molecule has 2 unspecified atom stereocenters. The normalized spacial score (nSPS) is 21.1. The Kier molecular flexibility index (Phi) is 8.17. The molecule has 2 aromatic rings. The van der Waals surface area contributed by atoms with Crippen LogP contribution in [0.5, 0.6) is 0 Å². The number of hydrogen-bond donors (Lipinski definition) is 1. The lowest BCUT2D eigenvalue weighted by molar-refractivity contribution is -0.126. The van der Waals surface area contributed by atoms with Gasteiger partial charge >= 0.3 is 0 Å². The fraction of sp³-hybridized carbons (Fsp3) is 0.500. The molecule has 35 heavy (non-hydrogen) atoms. The van der Waals surface area contributed by atoms with E-state index in [9.17, 15) is 14.0 Å². The first-order valence-electron chi connectivity index (χ1n) is 12.2. The summed E-state index contributed by atoms with van der Waals surface area (Å²) in [6.45, 7) is 1.69. The van der Waals surface area contributed by atoms with Gasteiger partial charge in [-0.2, -0.15) is 10.2 Å². The monoisotopic (exact) mass is 481 g/mol. The Bertz CT molecular complexity index is 1090. The summed E-state index contributed by atoms with van der Waals surface area (Å²) in [5.74, 6) is 0.542. The van der Waals surface area contributed by atoms with Crippen LogP contribution in [0.2, 0.25) is 0 Å². The molecule has 9 heteroatoms. The Labute approximate surface area is 204 Å². The standard InChI is InChI=1S/C21H22FN3O2.C5H10N2O/c22-17-8-6-5-7-14(17)21-16-13-15(16)18(23-24-21)9-3-1-2-4-10-20(26)19-11-12-27-25-19;1-7-2-4(3-7)5(6)8/h5-8,11-12,15-16H,1-4,9-10,13H2;4H,2-3H2,1H3,(H2,6,8). The van der Waals surface area contributed by atoms with Crippen LogP contribution in [-0.2, 0) is 4.79 Å². The number of primary amides is 1. The summed E-state index contributed by atoms with van der Waals surface area (Å²) in [7, 11) is 1.97. The second-order valence-electron chi connectivity index (χ2n) is 9.55. The van der Waals surface area contributed by atoms with Gasteiger partial charge in [-0.05, 0) is 38.8 Å². The predicted molar refractivity (Wildman–Crippen MR) is 131 cm³/mol. The van der Waals surface area contributed by atoms with Crippen LogP contribution < -0.4 is 5.73 Å². The number of fused-ring (bicyclic) bond motifs is 1. The van der Waals surface area contributed by atoms with Crippen LogP contribution in [0.1, 0.15) is 61.0 Å². The number of halogens is 1. The van der Waals surface area contributed by atoms with Crippen molar-refractivity contribution < 1.29 is 18.5 Å². The summed E-state index contributed by atoms with van der Waals surface area (Å²) in [4.78, 5) is 24.2. The number of unbranched alkanes of at least 4 members (excludes halogenated alkanes) is 3. The average Bonchev–Trinajstić information content (AvgIpc) is 3.44. The number of carbonyl (C=O) groups excluding carboxylic acids is 2. The average molecular weight is 482 g/mol. The number of Topliss-reactive ketones (excluding diaryl/α,β-unsaturated/α-hetero) is 1. The van der Waals surface area contributed by atoms with Crippen LogP contribution in [0.3, 0.4) is 0 Å². The first-order valence-corrected chi connectivity index (χ1v) is 12.2. The molecule has 2 atom stereocenters. The number of carbonyl (C=O) groups is 2. The summed E-state index contributed by atoms with van der Waals surface area (Å²) in [6, 6.07) is 8.39. The van der Waals surface area contributed by atoms with Crippen molar-refractivity contribution in [3.05, 3.63) is 53.7 Å². The van der Waals surface area contributed by atoms with Gasteiger partial charge in [0.05, 0.1) is 11.6 Å². The molecule has 8 nitrogen and oxygen atoms in total. The first-order chi connectivity index (χ1) is 16.9. The van der Waals surface area contributed by atoms with Gasteiger partial charge in [0.2, 0.25) is 5.91 Å². The number of aromatic nitrogens is 1. The molecule has 3 heterocycles. The zero-order valence-corrected chi connectivity index (χ0v) is 20.0. The molecule has 1 saturated heterocycles. The summed E-state index contributed by atoms with van der Waals surface area (Å²) in [6.07, 6.45) is 7.87. The van der Waals surface area contributed by atoms with Crippen molar-refractivity contribution in [1.29, 1.82) is 0 Å². The largest absolute Gasteiger partial charge is 0.369 e. The number of hydrogen-bond acceptors (Lipinski definition) is 7. The molecule has 0 radical (unpaired) electrons. The fourth-order valence-corrected chi connectivity index (χ4v) is 4.60.